The summed E-state index contributed by atoms with van der Waals surface area (Å²) in [6.07, 6.45) is 2.82. The largest absolute Gasteiger partial charge is 0.364 e. The van der Waals surface area contributed by atoms with Crippen molar-refractivity contribution < 1.29 is 14.0 Å². The van der Waals surface area contributed by atoms with E-state index in [0.717, 1.165) is 37.1 Å². The first kappa shape index (κ1) is 20.6. The lowest BCUT2D eigenvalue weighted by Crippen LogP contribution is -2.28. The average Bonchev–Trinajstić information content (AvgIpc) is 3.38. The number of aliphatic imine (C=N–C) groups is 1. The molecule has 2 heterocycles. The Hall–Kier alpha value is -2.67. The molecule has 5 nitrogen and oxygen atoms in total. The van der Waals surface area contributed by atoms with Gasteiger partial charge < -0.3 is 10.2 Å². The molecule has 2 aromatic rings. The Labute approximate surface area is 179 Å². The molecule has 1 saturated heterocycles. The first-order valence-corrected chi connectivity index (χ1v) is 11.0. The molecule has 1 atom stereocenters. The Morgan fingerprint density at radius 2 is 1.80 bits per heavy atom. The summed E-state index contributed by atoms with van der Waals surface area (Å²) in [5.74, 6) is -0.415. The van der Waals surface area contributed by atoms with Gasteiger partial charge in [0.25, 0.3) is 11.8 Å². The number of rotatable bonds is 5. The summed E-state index contributed by atoms with van der Waals surface area (Å²) < 4.78 is 12.2. The Balaban J connectivity index is 1.36. The second-order valence-corrected chi connectivity index (χ2v) is 9.14. The van der Waals surface area contributed by atoms with E-state index in [-0.39, 0.29) is 17.6 Å². The fourth-order valence-corrected chi connectivity index (χ4v) is 4.79. The van der Waals surface area contributed by atoms with Crippen molar-refractivity contribution in [1.29, 1.82) is 0 Å². The molecule has 0 spiro atoms. The number of nitrogens with zero attached hydrogens (tertiary/aromatic N) is 2. The molecule has 1 N–H and O–H groups in total. The second kappa shape index (κ2) is 8.60. The lowest BCUT2D eigenvalue weighted by atomic mass is 9.98. The minimum absolute atomic E-state index is 0.0500. The maximum absolute atomic E-state index is 13.0. The highest BCUT2D eigenvalue weighted by Crippen LogP contribution is 2.42. The van der Waals surface area contributed by atoms with Crippen molar-refractivity contribution in [1.82, 2.24) is 10.2 Å². The Kier molecular flexibility index (Phi) is 5.90. The van der Waals surface area contributed by atoms with Crippen LogP contribution in [0, 0.1) is 5.82 Å². The Morgan fingerprint density at radius 1 is 1.13 bits per heavy atom. The molecule has 2 aromatic carbocycles. The molecule has 2 aliphatic heterocycles. The van der Waals surface area contributed by atoms with Crippen LogP contribution in [0.25, 0.3) is 0 Å². The van der Waals surface area contributed by atoms with Gasteiger partial charge in [0.2, 0.25) is 0 Å². The van der Waals surface area contributed by atoms with Gasteiger partial charge in [0, 0.05) is 25.2 Å². The normalized spacial score (nSPS) is 21.1. The van der Waals surface area contributed by atoms with Crippen LogP contribution in [0.2, 0.25) is 0 Å². The molecule has 0 radical (unpaired) electrons. The molecular formula is C23H24FN3O2S. The van der Waals surface area contributed by atoms with E-state index >= 15 is 0 Å². The lowest BCUT2D eigenvalue weighted by Gasteiger charge is -2.21. The monoisotopic (exact) mass is 425 g/mol. The molecule has 7 heteroatoms. The van der Waals surface area contributed by atoms with Crippen molar-refractivity contribution in [2.45, 2.75) is 30.9 Å². The SMILES string of the molecule is CC1(c2ccc(C(=O)N3CCCC3)cc2)SC(NCCc2ccc(F)cc2)=NC1=O. The first-order valence-electron chi connectivity index (χ1n) is 10.2. The van der Waals surface area contributed by atoms with Crippen molar-refractivity contribution in [3.8, 4) is 0 Å². The van der Waals surface area contributed by atoms with Crippen molar-refractivity contribution in [2.75, 3.05) is 19.6 Å². The summed E-state index contributed by atoms with van der Waals surface area (Å²) in [5.41, 5.74) is 2.49. The highest BCUT2D eigenvalue weighted by Gasteiger charge is 2.42. The highest BCUT2D eigenvalue weighted by atomic mass is 32.2. The molecule has 0 aliphatic carbocycles. The van der Waals surface area contributed by atoms with Crippen molar-refractivity contribution in [2.24, 2.45) is 4.99 Å². The zero-order valence-electron chi connectivity index (χ0n) is 16.9. The number of benzene rings is 2. The summed E-state index contributed by atoms with van der Waals surface area (Å²) in [5, 5.41) is 3.79. The average molecular weight is 426 g/mol. The van der Waals surface area contributed by atoms with Crippen LogP contribution < -0.4 is 5.32 Å². The van der Waals surface area contributed by atoms with Gasteiger partial charge in [-0.15, -0.1) is 0 Å². The van der Waals surface area contributed by atoms with Crippen LogP contribution in [0.4, 0.5) is 4.39 Å². The predicted octanol–water partition coefficient (Wildman–Crippen LogP) is 3.74. The van der Waals surface area contributed by atoms with Crippen LogP contribution in [-0.4, -0.2) is 41.5 Å². The fraction of sp³-hybridized carbons (Fsp3) is 0.348. The van der Waals surface area contributed by atoms with E-state index < -0.39 is 4.75 Å². The van der Waals surface area contributed by atoms with Gasteiger partial charge in [0.1, 0.15) is 10.6 Å². The zero-order chi connectivity index (χ0) is 21.1. The van der Waals surface area contributed by atoms with Gasteiger partial charge in [-0.25, -0.2) is 4.39 Å². The van der Waals surface area contributed by atoms with E-state index in [9.17, 15) is 14.0 Å². The molecule has 2 aliphatic rings. The summed E-state index contributed by atoms with van der Waals surface area (Å²) in [7, 11) is 0. The summed E-state index contributed by atoms with van der Waals surface area (Å²) >= 11 is 1.39. The number of nitrogens with one attached hydrogen (secondary N) is 1. The summed E-state index contributed by atoms with van der Waals surface area (Å²) in [6.45, 7) is 4.08. The topological polar surface area (TPSA) is 61.8 Å². The predicted molar refractivity (Wildman–Crippen MR) is 117 cm³/mol. The molecule has 2 amide bonds. The van der Waals surface area contributed by atoms with Crippen LogP contribution in [0.1, 0.15) is 41.3 Å². The van der Waals surface area contributed by atoms with Crippen molar-refractivity contribution in [3.05, 3.63) is 71.0 Å². The van der Waals surface area contributed by atoms with E-state index in [1.165, 1.54) is 23.9 Å². The molecule has 0 bridgehead atoms. The number of likely N-dealkylation sites (tertiary alicyclic amines) is 1. The maximum Gasteiger partial charge on any atom is 0.268 e. The number of amidine groups is 1. The van der Waals surface area contributed by atoms with E-state index in [1.807, 2.05) is 24.0 Å². The maximum atomic E-state index is 13.0. The second-order valence-electron chi connectivity index (χ2n) is 7.74. The smallest absolute Gasteiger partial charge is 0.268 e. The van der Waals surface area contributed by atoms with Crippen LogP contribution in [0.3, 0.4) is 0 Å². The van der Waals surface area contributed by atoms with Gasteiger partial charge in [0.15, 0.2) is 5.17 Å². The number of amides is 2. The molecule has 1 fully saturated rings. The number of thioether (sulfide) groups is 1. The van der Waals surface area contributed by atoms with Crippen LogP contribution in [-0.2, 0) is 16.0 Å². The standard InChI is InChI=1S/C23H24FN3O2S/c1-23(18-8-6-17(7-9-18)20(28)27-14-2-3-15-27)21(29)26-22(30-23)25-13-12-16-4-10-19(24)11-5-16/h4-11H,2-3,12-15H2,1H3,(H,25,26,29). The van der Waals surface area contributed by atoms with Gasteiger partial charge >= 0.3 is 0 Å². The van der Waals surface area contributed by atoms with Gasteiger partial charge in [-0.2, -0.15) is 4.99 Å². The molecule has 0 saturated carbocycles. The molecule has 4 rings (SSSR count). The molecule has 156 valence electrons. The van der Waals surface area contributed by atoms with E-state index in [1.54, 1.807) is 24.3 Å². The Bertz CT molecular complexity index is 969. The lowest BCUT2D eigenvalue weighted by molar-refractivity contribution is -0.119. The van der Waals surface area contributed by atoms with Gasteiger partial charge in [-0.3, -0.25) is 9.59 Å². The third kappa shape index (κ3) is 4.26. The Morgan fingerprint density at radius 3 is 2.47 bits per heavy atom. The highest BCUT2D eigenvalue weighted by molar-refractivity contribution is 8.15. The summed E-state index contributed by atoms with van der Waals surface area (Å²) in [6, 6.07) is 13.7. The molecule has 0 aromatic heterocycles. The molecular weight excluding hydrogens is 401 g/mol. The zero-order valence-corrected chi connectivity index (χ0v) is 17.7. The van der Waals surface area contributed by atoms with E-state index in [0.29, 0.717) is 23.7 Å². The number of hydrogen-bond donors (Lipinski definition) is 1. The molecule has 30 heavy (non-hydrogen) atoms. The molecule has 1 unspecified atom stereocenters. The third-order valence-electron chi connectivity index (χ3n) is 5.59. The van der Waals surface area contributed by atoms with Crippen LogP contribution in [0.5, 0.6) is 0 Å². The number of halogens is 1. The van der Waals surface area contributed by atoms with Crippen LogP contribution in [0.15, 0.2) is 53.5 Å². The number of hydrogen-bond acceptors (Lipinski definition) is 4. The van der Waals surface area contributed by atoms with Gasteiger partial charge in [-0.05, 0) is 61.6 Å². The van der Waals surface area contributed by atoms with Gasteiger partial charge in [-0.1, -0.05) is 36.0 Å². The van der Waals surface area contributed by atoms with E-state index in [2.05, 4.69) is 10.3 Å². The van der Waals surface area contributed by atoms with Gasteiger partial charge in [0.05, 0.1) is 0 Å². The van der Waals surface area contributed by atoms with Crippen molar-refractivity contribution >= 4 is 28.7 Å². The third-order valence-corrected chi connectivity index (χ3v) is 6.84. The number of carbonyl (C=O) groups is 2. The van der Waals surface area contributed by atoms with Crippen LogP contribution >= 0.6 is 11.8 Å². The first-order chi connectivity index (χ1) is 14.5. The quantitative estimate of drug-likeness (QED) is 0.793. The fourth-order valence-electron chi connectivity index (χ4n) is 3.72. The van der Waals surface area contributed by atoms with E-state index in [4.69, 9.17) is 0 Å². The number of carbonyl (C=O) groups excluding carboxylic acids is 2. The summed E-state index contributed by atoms with van der Waals surface area (Å²) in [4.78, 5) is 31.2. The minimum Gasteiger partial charge on any atom is -0.364 e. The van der Waals surface area contributed by atoms with Crippen molar-refractivity contribution in [3.63, 3.8) is 0 Å². The minimum atomic E-state index is -0.812.